The topological polar surface area (TPSA) is 68.0 Å². The van der Waals surface area contributed by atoms with Crippen LogP contribution < -0.4 is 11.1 Å². The number of pyridine rings is 1. The van der Waals surface area contributed by atoms with Crippen molar-refractivity contribution in [3.63, 3.8) is 0 Å². The van der Waals surface area contributed by atoms with Gasteiger partial charge in [-0.15, -0.1) is 11.8 Å². The summed E-state index contributed by atoms with van der Waals surface area (Å²) < 4.78 is 0. The van der Waals surface area contributed by atoms with E-state index in [4.69, 9.17) is 5.73 Å². The summed E-state index contributed by atoms with van der Waals surface area (Å²) in [5, 5.41) is 2.90. The van der Waals surface area contributed by atoms with Crippen molar-refractivity contribution in [3.8, 4) is 0 Å². The Morgan fingerprint density at radius 3 is 2.90 bits per heavy atom. The van der Waals surface area contributed by atoms with E-state index in [1.807, 2.05) is 19.1 Å². The van der Waals surface area contributed by atoms with Gasteiger partial charge in [0.25, 0.3) is 5.91 Å². The number of hydrogen-bond donors (Lipinski definition) is 2. The quantitative estimate of drug-likeness (QED) is 0.894. The molecule has 0 bridgehead atoms. The van der Waals surface area contributed by atoms with Gasteiger partial charge in [-0.2, -0.15) is 0 Å². The number of anilines is 1. The number of nitrogens with zero attached hydrogens (tertiary/aromatic N) is 1. The van der Waals surface area contributed by atoms with Gasteiger partial charge >= 0.3 is 0 Å². The van der Waals surface area contributed by atoms with E-state index in [0.717, 1.165) is 33.9 Å². The van der Waals surface area contributed by atoms with E-state index in [9.17, 15) is 4.79 Å². The van der Waals surface area contributed by atoms with Gasteiger partial charge in [-0.1, -0.05) is 6.07 Å². The third kappa shape index (κ3) is 2.94. The molecule has 1 aromatic heterocycles. The minimum Gasteiger partial charge on any atom is -0.324 e. The van der Waals surface area contributed by atoms with Crippen LogP contribution in [0.1, 0.15) is 33.9 Å². The zero-order valence-corrected chi connectivity index (χ0v) is 12.6. The second kappa shape index (κ2) is 5.87. The van der Waals surface area contributed by atoms with Crippen molar-refractivity contribution in [3.05, 3.63) is 53.3 Å². The molecule has 2 aromatic rings. The number of nitrogens with one attached hydrogen (secondary N) is 1. The number of fused-ring (bicyclic) bond motifs is 1. The van der Waals surface area contributed by atoms with Crippen LogP contribution in [0.2, 0.25) is 0 Å². The molecule has 0 unspecified atom stereocenters. The van der Waals surface area contributed by atoms with Crippen LogP contribution in [-0.2, 0) is 0 Å². The van der Waals surface area contributed by atoms with Gasteiger partial charge in [0, 0.05) is 34.6 Å². The summed E-state index contributed by atoms with van der Waals surface area (Å²) in [5.41, 5.74) is 9.71. The Morgan fingerprint density at radius 1 is 1.38 bits per heavy atom. The van der Waals surface area contributed by atoms with Crippen LogP contribution in [0.15, 0.2) is 41.6 Å². The predicted molar refractivity (Wildman–Crippen MR) is 85.6 cm³/mol. The van der Waals surface area contributed by atoms with Crippen molar-refractivity contribution in [2.75, 3.05) is 11.1 Å². The van der Waals surface area contributed by atoms with Crippen molar-refractivity contribution in [1.82, 2.24) is 4.98 Å². The first-order valence-electron chi connectivity index (χ1n) is 6.89. The summed E-state index contributed by atoms with van der Waals surface area (Å²) in [6.07, 6.45) is 4.30. The SMILES string of the molecule is Cc1cc2c(cc1C(=O)Nc1ccncc1)SCC[C@@H]2N. The first kappa shape index (κ1) is 14.1. The maximum atomic E-state index is 12.4. The third-order valence-corrected chi connectivity index (χ3v) is 4.73. The van der Waals surface area contributed by atoms with E-state index in [2.05, 4.69) is 10.3 Å². The molecule has 1 aliphatic heterocycles. The van der Waals surface area contributed by atoms with Gasteiger partial charge in [0.2, 0.25) is 0 Å². The summed E-state index contributed by atoms with van der Waals surface area (Å²) >= 11 is 1.77. The van der Waals surface area contributed by atoms with Gasteiger partial charge in [-0.3, -0.25) is 9.78 Å². The number of aryl methyl sites for hydroxylation is 1. The fraction of sp³-hybridized carbons (Fsp3) is 0.250. The lowest BCUT2D eigenvalue weighted by atomic mass is 9.98. The molecule has 108 valence electrons. The van der Waals surface area contributed by atoms with Crippen LogP contribution in [0.4, 0.5) is 5.69 Å². The minimum absolute atomic E-state index is 0.0808. The zero-order chi connectivity index (χ0) is 14.8. The Kier molecular flexibility index (Phi) is 3.94. The highest BCUT2D eigenvalue weighted by Crippen LogP contribution is 2.36. The van der Waals surface area contributed by atoms with Crippen molar-refractivity contribution >= 4 is 23.4 Å². The normalized spacial score (nSPS) is 17.1. The molecule has 0 aliphatic carbocycles. The van der Waals surface area contributed by atoms with Crippen molar-refractivity contribution in [1.29, 1.82) is 0 Å². The van der Waals surface area contributed by atoms with Gasteiger partial charge in [-0.25, -0.2) is 0 Å². The highest BCUT2D eigenvalue weighted by Gasteiger charge is 2.21. The highest BCUT2D eigenvalue weighted by atomic mass is 32.2. The summed E-state index contributed by atoms with van der Waals surface area (Å²) in [6, 6.07) is 7.64. The number of thioether (sulfide) groups is 1. The zero-order valence-electron chi connectivity index (χ0n) is 11.8. The number of nitrogens with two attached hydrogens (primary N) is 1. The van der Waals surface area contributed by atoms with E-state index in [1.54, 1.807) is 36.3 Å². The molecule has 0 fully saturated rings. The summed E-state index contributed by atoms with van der Waals surface area (Å²) in [7, 11) is 0. The molecule has 1 aromatic carbocycles. The van der Waals surface area contributed by atoms with Gasteiger partial charge in [0.05, 0.1) is 0 Å². The molecule has 3 N–H and O–H groups in total. The maximum absolute atomic E-state index is 12.4. The molecular formula is C16H17N3OS. The van der Waals surface area contributed by atoms with Crippen molar-refractivity contribution < 1.29 is 4.79 Å². The number of carbonyl (C=O) groups excluding carboxylic acids is 1. The molecule has 0 spiro atoms. The number of hydrogen-bond acceptors (Lipinski definition) is 4. The van der Waals surface area contributed by atoms with Crippen LogP contribution in [-0.4, -0.2) is 16.6 Å². The van der Waals surface area contributed by atoms with Gasteiger partial charge < -0.3 is 11.1 Å². The van der Waals surface area contributed by atoms with Crippen LogP contribution in [0, 0.1) is 6.92 Å². The number of aromatic nitrogens is 1. The molecule has 0 saturated carbocycles. The Morgan fingerprint density at radius 2 is 2.14 bits per heavy atom. The number of rotatable bonds is 2. The second-order valence-corrected chi connectivity index (χ2v) is 6.28. The van der Waals surface area contributed by atoms with E-state index in [0.29, 0.717) is 5.56 Å². The molecule has 0 saturated heterocycles. The Hall–Kier alpha value is -1.85. The maximum Gasteiger partial charge on any atom is 0.255 e. The summed E-state index contributed by atoms with van der Waals surface area (Å²) in [4.78, 5) is 17.5. The van der Waals surface area contributed by atoms with Crippen LogP contribution >= 0.6 is 11.8 Å². The van der Waals surface area contributed by atoms with E-state index in [1.165, 1.54) is 0 Å². The Bertz CT molecular complexity index is 673. The molecule has 4 nitrogen and oxygen atoms in total. The molecule has 3 rings (SSSR count). The van der Waals surface area contributed by atoms with Crippen molar-refractivity contribution in [2.45, 2.75) is 24.3 Å². The average molecular weight is 299 g/mol. The van der Waals surface area contributed by atoms with Crippen molar-refractivity contribution in [2.24, 2.45) is 5.73 Å². The predicted octanol–water partition coefficient (Wildman–Crippen LogP) is 3.14. The molecule has 1 atom stereocenters. The Labute approximate surface area is 128 Å². The first-order valence-corrected chi connectivity index (χ1v) is 7.88. The lowest BCUT2D eigenvalue weighted by Gasteiger charge is -2.23. The lowest BCUT2D eigenvalue weighted by molar-refractivity contribution is 0.102. The number of carbonyl (C=O) groups is 1. The molecule has 1 aliphatic rings. The van der Waals surface area contributed by atoms with Crippen LogP contribution in [0.5, 0.6) is 0 Å². The van der Waals surface area contributed by atoms with E-state index >= 15 is 0 Å². The number of benzene rings is 1. The summed E-state index contributed by atoms with van der Waals surface area (Å²) in [5.74, 6) is 0.907. The average Bonchev–Trinajstić information content (AvgIpc) is 2.48. The number of amides is 1. The molecule has 2 heterocycles. The largest absolute Gasteiger partial charge is 0.324 e. The van der Waals surface area contributed by atoms with E-state index < -0.39 is 0 Å². The Balaban J connectivity index is 1.90. The van der Waals surface area contributed by atoms with E-state index in [-0.39, 0.29) is 11.9 Å². The minimum atomic E-state index is -0.0961. The second-order valence-electron chi connectivity index (χ2n) is 5.14. The molecular weight excluding hydrogens is 282 g/mol. The lowest BCUT2D eigenvalue weighted by Crippen LogP contribution is -2.19. The van der Waals surface area contributed by atoms with Crippen LogP contribution in [0.25, 0.3) is 0 Å². The molecule has 1 amide bonds. The fourth-order valence-corrected chi connectivity index (χ4v) is 3.62. The standard InChI is InChI=1S/C16H17N3OS/c1-10-8-13-14(17)4-7-21-15(13)9-12(10)16(20)19-11-2-5-18-6-3-11/h2-3,5-6,8-9,14H,4,7,17H2,1H3,(H,18,19,20)/t14-/m0/s1. The monoisotopic (exact) mass is 299 g/mol. The molecule has 21 heavy (non-hydrogen) atoms. The molecule has 0 radical (unpaired) electrons. The van der Waals surface area contributed by atoms with Gasteiger partial charge in [-0.05, 0) is 48.4 Å². The fourth-order valence-electron chi connectivity index (χ4n) is 2.45. The smallest absolute Gasteiger partial charge is 0.255 e. The molecule has 5 heteroatoms. The first-order chi connectivity index (χ1) is 10.1. The third-order valence-electron chi connectivity index (χ3n) is 3.63. The highest BCUT2D eigenvalue weighted by molar-refractivity contribution is 7.99. The summed E-state index contributed by atoms with van der Waals surface area (Å²) in [6.45, 7) is 1.95. The van der Waals surface area contributed by atoms with Crippen LogP contribution in [0.3, 0.4) is 0 Å². The van der Waals surface area contributed by atoms with Gasteiger partial charge in [0.15, 0.2) is 0 Å². The van der Waals surface area contributed by atoms with Gasteiger partial charge in [0.1, 0.15) is 0 Å².